The number of hydrogen-bond acceptors (Lipinski definition) is 5. The summed E-state index contributed by atoms with van der Waals surface area (Å²) in [6, 6.07) is 12.7. The Balaban J connectivity index is 1.98. The molecule has 1 heterocycles. The van der Waals surface area contributed by atoms with Gasteiger partial charge in [-0.2, -0.15) is 4.80 Å². The normalized spacial score (nSPS) is 12.7. The molecule has 3 aromatic rings. The number of ether oxygens (including phenoxy) is 1. The summed E-state index contributed by atoms with van der Waals surface area (Å²) in [6.07, 6.45) is 0.921. The molecule has 3 rings (SSSR count). The molecule has 0 aliphatic rings. The Morgan fingerprint density at radius 3 is 2.54 bits per heavy atom. The molecule has 0 saturated heterocycles. The third-order valence-corrected chi connectivity index (χ3v) is 4.11. The highest BCUT2D eigenvalue weighted by molar-refractivity contribution is 5.84. The van der Waals surface area contributed by atoms with Gasteiger partial charge in [0, 0.05) is 0 Å². The standard InChI is InChI=1S/C18H23N5O/c1-13-19-21-23(20-13)18(9-10-22(2)3)16-6-5-15-12-17(24-4)8-7-14(15)11-16/h5-8,11-12,18H,9-10H2,1-4H3. The molecule has 0 aliphatic heterocycles. The summed E-state index contributed by atoms with van der Waals surface area (Å²) in [4.78, 5) is 3.90. The van der Waals surface area contributed by atoms with Crippen LogP contribution in [0.25, 0.3) is 10.8 Å². The SMILES string of the molecule is COc1ccc2cc(C(CCN(C)C)n3nnc(C)n3)ccc2c1. The Labute approximate surface area is 142 Å². The zero-order valence-corrected chi connectivity index (χ0v) is 14.6. The smallest absolute Gasteiger partial charge is 0.171 e. The zero-order valence-electron chi connectivity index (χ0n) is 14.6. The average Bonchev–Trinajstić information content (AvgIpc) is 3.00. The third kappa shape index (κ3) is 3.54. The van der Waals surface area contributed by atoms with Gasteiger partial charge >= 0.3 is 0 Å². The monoisotopic (exact) mass is 325 g/mol. The summed E-state index contributed by atoms with van der Waals surface area (Å²) in [5.41, 5.74) is 1.19. The van der Waals surface area contributed by atoms with E-state index in [4.69, 9.17) is 4.74 Å². The fourth-order valence-corrected chi connectivity index (χ4v) is 2.80. The molecule has 0 saturated carbocycles. The van der Waals surface area contributed by atoms with Crippen molar-refractivity contribution in [1.29, 1.82) is 0 Å². The summed E-state index contributed by atoms with van der Waals surface area (Å²) in [6.45, 7) is 2.81. The van der Waals surface area contributed by atoms with Gasteiger partial charge in [-0.1, -0.05) is 18.2 Å². The number of fused-ring (bicyclic) bond motifs is 1. The molecule has 1 atom stereocenters. The van der Waals surface area contributed by atoms with Gasteiger partial charge in [0.25, 0.3) is 0 Å². The van der Waals surface area contributed by atoms with Crippen LogP contribution in [0, 0.1) is 6.92 Å². The number of aryl methyl sites for hydroxylation is 1. The maximum absolute atomic E-state index is 5.30. The molecular weight excluding hydrogens is 302 g/mol. The van der Waals surface area contributed by atoms with Gasteiger partial charge in [0.1, 0.15) is 5.75 Å². The molecule has 0 bridgehead atoms. The van der Waals surface area contributed by atoms with Gasteiger partial charge in [0.15, 0.2) is 5.82 Å². The van der Waals surface area contributed by atoms with Crippen molar-refractivity contribution in [3.8, 4) is 5.75 Å². The number of methoxy groups -OCH3 is 1. The van der Waals surface area contributed by atoms with Crippen LogP contribution in [0.5, 0.6) is 5.75 Å². The van der Waals surface area contributed by atoms with Crippen LogP contribution < -0.4 is 4.74 Å². The van der Waals surface area contributed by atoms with Crippen molar-refractivity contribution in [2.24, 2.45) is 0 Å². The van der Waals surface area contributed by atoms with Crippen molar-refractivity contribution in [1.82, 2.24) is 25.1 Å². The van der Waals surface area contributed by atoms with Gasteiger partial charge in [0.05, 0.1) is 13.2 Å². The van der Waals surface area contributed by atoms with Crippen molar-refractivity contribution < 1.29 is 4.74 Å². The van der Waals surface area contributed by atoms with E-state index in [-0.39, 0.29) is 6.04 Å². The van der Waals surface area contributed by atoms with E-state index < -0.39 is 0 Å². The fraction of sp³-hybridized carbons (Fsp3) is 0.389. The molecule has 0 fully saturated rings. The van der Waals surface area contributed by atoms with Crippen LogP contribution in [0.4, 0.5) is 0 Å². The number of rotatable bonds is 6. The lowest BCUT2D eigenvalue weighted by molar-refractivity contribution is 0.339. The molecule has 0 amide bonds. The molecule has 0 radical (unpaired) electrons. The molecule has 2 aromatic carbocycles. The molecule has 126 valence electrons. The topological polar surface area (TPSA) is 56.1 Å². The van der Waals surface area contributed by atoms with Crippen LogP contribution in [-0.4, -0.2) is 52.9 Å². The molecule has 1 unspecified atom stereocenters. The fourth-order valence-electron chi connectivity index (χ4n) is 2.80. The highest BCUT2D eigenvalue weighted by atomic mass is 16.5. The van der Waals surface area contributed by atoms with Crippen LogP contribution >= 0.6 is 0 Å². The Morgan fingerprint density at radius 1 is 1.12 bits per heavy atom. The molecule has 1 aromatic heterocycles. The lowest BCUT2D eigenvalue weighted by Crippen LogP contribution is -2.21. The predicted octanol–water partition coefficient (Wildman–Crippen LogP) is 2.68. The molecule has 0 aliphatic carbocycles. The van der Waals surface area contributed by atoms with E-state index in [1.165, 1.54) is 10.9 Å². The Kier molecular flexibility index (Phi) is 4.76. The minimum Gasteiger partial charge on any atom is -0.497 e. The maximum atomic E-state index is 5.30. The van der Waals surface area contributed by atoms with Crippen LogP contribution in [0.1, 0.15) is 23.9 Å². The van der Waals surface area contributed by atoms with Gasteiger partial charge in [-0.15, -0.1) is 10.2 Å². The molecule has 0 spiro atoms. The van der Waals surface area contributed by atoms with Crippen molar-refractivity contribution in [3.05, 3.63) is 47.8 Å². The minimum absolute atomic E-state index is 0.0695. The van der Waals surface area contributed by atoms with Crippen LogP contribution in [0.2, 0.25) is 0 Å². The van der Waals surface area contributed by atoms with Gasteiger partial charge in [-0.05, 0) is 73.7 Å². The second-order valence-corrected chi connectivity index (χ2v) is 6.24. The first-order chi connectivity index (χ1) is 11.6. The summed E-state index contributed by atoms with van der Waals surface area (Å²) >= 11 is 0. The predicted molar refractivity (Wildman–Crippen MR) is 94.4 cm³/mol. The second-order valence-electron chi connectivity index (χ2n) is 6.24. The van der Waals surface area contributed by atoms with Crippen molar-refractivity contribution >= 4 is 10.8 Å². The Morgan fingerprint density at radius 2 is 1.88 bits per heavy atom. The number of nitrogens with zero attached hydrogens (tertiary/aromatic N) is 5. The summed E-state index contributed by atoms with van der Waals surface area (Å²) in [7, 11) is 5.83. The Bertz CT molecular complexity index is 827. The lowest BCUT2D eigenvalue weighted by atomic mass is 10.00. The Hall–Kier alpha value is -2.47. The summed E-state index contributed by atoms with van der Waals surface area (Å²) in [5.74, 6) is 1.56. The largest absolute Gasteiger partial charge is 0.497 e. The third-order valence-electron chi connectivity index (χ3n) is 4.11. The first-order valence-corrected chi connectivity index (χ1v) is 8.05. The van der Waals surface area contributed by atoms with Crippen LogP contribution in [-0.2, 0) is 0 Å². The average molecular weight is 325 g/mol. The maximum Gasteiger partial charge on any atom is 0.171 e. The molecule has 6 heteroatoms. The molecular formula is C18H23N5O. The lowest BCUT2D eigenvalue weighted by Gasteiger charge is -2.19. The van der Waals surface area contributed by atoms with E-state index in [0.29, 0.717) is 5.82 Å². The van der Waals surface area contributed by atoms with E-state index in [1.54, 1.807) is 11.9 Å². The van der Waals surface area contributed by atoms with E-state index in [0.717, 1.165) is 24.1 Å². The van der Waals surface area contributed by atoms with Gasteiger partial charge in [-0.25, -0.2) is 0 Å². The van der Waals surface area contributed by atoms with Gasteiger partial charge in [-0.3, -0.25) is 0 Å². The zero-order chi connectivity index (χ0) is 17.1. The van der Waals surface area contributed by atoms with Gasteiger partial charge in [0.2, 0.25) is 0 Å². The number of tetrazole rings is 1. The highest BCUT2D eigenvalue weighted by Crippen LogP contribution is 2.27. The number of hydrogen-bond donors (Lipinski definition) is 0. The van der Waals surface area contributed by atoms with E-state index in [9.17, 15) is 0 Å². The minimum atomic E-state index is 0.0695. The van der Waals surface area contributed by atoms with E-state index in [1.807, 2.05) is 19.1 Å². The van der Waals surface area contributed by atoms with E-state index >= 15 is 0 Å². The first-order valence-electron chi connectivity index (χ1n) is 8.05. The quantitative estimate of drug-likeness (QED) is 0.697. The van der Waals surface area contributed by atoms with Gasteiger partial charge < -0.3 is 9.64 Å². The molecule has 0 N–H and O–H groups in total. The first kappa shape index (κ1) is 16.4. The molecule has 24 heavy (non-hydrogen) atoms. The van der Waals surface area contributed by atoms with Crippen LogP contribution in [0.15, 0.2) is 36.4 Å². The molecule has 6 nitrogen and oxygen atoms in total. The number of aromatic nitrogens is 4. The summed E-state index contributed by atoms with van der Waals surface area (Å²) < 4.78 is 5.30. The second kappa shape index (κ2) is 6.97. The van der Waals surface area contributed by atoms with E-state index in [2.05, 4.69) is 58.7 Å². The summed E-state index contributed by atoms with van der Waals surface area (Å²) in [5, 5.41) is 15.0. The number of benzene rings is 2. The van der Waals surface area contributed by atoms with Crippen molar-refractivity contribution in [2.45, 2.75) is 19.4 Å². The van der Waals surface area contributed by atoms with Crippen LogP contribution in [0.3, 0.4) is 0 Å². The highest BCUT2D eigenvalue weighted by Gasteiger charge is 2.17. The van der Waals surface area contributed by atoms with Crippen molar-refractivity contribution in [2.75, 3.05) is 27.7 Å². The van der Waals surface area contributed by atoms with Crippen molar-refractivity contribution in [3.63, 3.8) is 0 Å².